The van der Waals surface area contributed by atoms with Crippen molar-refractivity contribution in [1.29, 1.82) is 0 Å². The van der Waals surface area contributed by atoms with Crippen LogP contribution in [-0.4, -0.2) is 52.9 Å². The molecule has 0 spiro atoms. The zero-order valence-electron chi connectivity index (χ0n) is 15.8. The predicted octanol–water partition coefficient (Wildman–Crippen LogP) is 2.41. The highest BCUT2D eigenvalue weighted by Crippen LogP contribution is 2.20. The normalized spacial score (nSPS) is 14.3. The summed E-state index contributed by atoms with van der Waals surface area (Å²) in [5.41, 5.74) is 2.99. The summed E-state index contributed by atoms with van der Waals surface area (Å²) in [6.45, 7) is 4.61. The summed E-state index contributed by atoms with van der Waals surface area (Å²) >= 11 is 0. The number of nitrogens with zero attached hydrogens (tertiary/aromatic N) is 3. The van der Waals surface area contributed by atoms with Crippen molar-refractivity contribution in [3.05, 3.63) is 54.4 Å². The Bertz CT molecular complexity index is 987. The van der Waals surface area contributed by atoms with Crippen LogP contribution < -0.4 is 10.2 Å². The highest BCUT2D eigenvalue weighted by molar-refractivity contribution is 5.95. The Morgan fingerprint density at radius 1 is 1.11 bits per heavy atom. The van der Waals surface area contributed by atoms with Crippen LogP contribution in [0.1, 0.15) is 12.5 Å². The first kappa shape index (κ1) is 18.0. The minimum atomic E-state index is -0.0972. The smallest absolute Gasteiger partial charge is 0.230 e. The number of anilines is 2. The zero-order chi connectivity index (χ0) is 19.5. The van der Waals surface area contributed by atoms with Crippen LogP contribution in [0.3, 0.4) is 0 Å². The summed E-state index contributed by atoms with van der Waals surface area (Å²) in [6, 6.07) is 11.7. The van der Waals surface area contributed by atoms with Crippen molar-refractivity contribution in [1.82, 2.24) is 14.9 Å². The third-order valence-corrected chi connectivity index (χ3v) is 5.13. The van der Waals surface area contributed by atoms with Crippen molar-refractivity contribution in [3.8, 4) is 0 Å². The molecule has 0 unspecified atom stereocenters. The molecule has 144 valence electrons. The lowest BCUT2D eigenvalue weighted by molar-refractivity contribution is -0.129. The number of carbonyl (C=O) groups excluding carboxylic acids is 2. The third kappa shape index (κ3) is 3.83. The number of fused-ring (bicyclic) bond motifs is 1. The Morgan fingerprint density at radius 3 is 2.61 bits per heavy atom. The summed E-state index contributed by atoms with van der Waals surface area (Å²) < 4.78 is 0. The van der Waals surface area contributed by atoms with Crippen LogP contribution in [0.2, 0.25) is 0 Å². The fourth-order valence-corrected chi connectivity index (χ4v) is 3.56. The fraction of sp³-hybridized carbons (Fsp3) is 0.286. The van der Waals surface area contributed by atoms with Gasteiger partial charge in [0.15, 0.2) is 0 Å². The first-order valence-electron chi connectivity index (χ1n) is 9.41. The summed E-state index contributed by atoms with van der Waals surface area (Å²) in [6.07, 6.45) is 3.94. The van der Waals surface area contributed by atoms with Gasteiger partial charge in [0, 0.05) is 50.2 Å². The number of rotatable bonds is 4. The number of benzene rings is 1. The van der Waals surface area contributed by atoms with Gasteiger partial charge < -0.3 is 20.1 Å². The van der Waals surface area contributed by atoms with Crippen LogP contribution in [0, 0.1) is 0 Å². The molecule has 2 amide bonds. The second-order valence-corrected chi connectivity index (χ2v) is 6.98. The topological polar surface area (TPSA) is 81.3 Å². The summed E-state index contributed by atoms with van der Waals surface area (Å²) in [7, 11) is 0. The second-order valence-electron chi connectivity index (χ2n) is 6.98. The largest absolute Gasteiger partial charge is 0.367 e. The van der Waals surface area contributed by atoms with E-state index in [2.05, 4.69) is 20.2 Å². The molecule has 3 heterocycles. The maximum Gasteiger partial charge on any atom is 0.230 e. The van der Waals surface area contributed by atoms with Gasteiger partial charge in [-0.3, -0.25) is 9.59 Å². The van der Waals surface area contributed by atoms with Gasteiger partial charge in [0.25, 0.3) is 0 Å². The van der Waals surface area contributed by atoms with Crippen LogP contribution in [0.5, 0.6) is 0 Å². The van der Waals surface area contributed by atoms with Crippen molar-refractivity contribution in [3.63, 3.8) is 0 Å². The number of para-hydroxylation sites is 1. The minimum absolute atomic E-state index is 0.0972. The molecular formula is C21H23N5O2. The van der Waals surface area contributed by atoms with Gasteiger partial charge in [-0.05, 0) is 23.8 Å². The molecule has 0 atom stereocenters. The Labute approximate surface area is 163 Å². The molecule has 4 rings (SSSR count). The lowest BCUT2D eigenvalue weighted by Gasteiger charge is -2.35. The second kappa shape index (κ2) is 7.72. The van der Waals surface area contributed by atoms with Crippen molar-refractivity contribution in [2.75, 3.05) is 36.4 Å². The Balaban J connectivity index is 1.35. The number of piperazine rings is 1. The molecule has 7 heteroatoms. The summed E-state index contributed by atoms with van der Waals surface area (Å²) in [4.78, 5) is 35.4. The van der Waals surface area contributed by atoms with E-state index in [1.54, 1.807) is 13.1 Å². The van der Waals surface area contributed by atoms with Gasteiger partial charge >= 0.3 is 0 Å². The summed E-state index contributed by atoms with van der Waals surface area (Å²) in [5, 5.41) is 3.92. The first-order valence-corrected chi connectivity index (χ1v) is 9.41. The van der Waals surface area contributed by atoms with Gasteiger partial charge in [-0.25, -0.2) is 4.98 Å². The van der Waals surface area contributed by atoms with Crippen LogP contribution in [-0.2, 0) is 16.0 Å². The monoisotopic (exact) mass is 377 g/mol. The maximum absolute atomic E-state index is 12.4. The van der Waals surface area contributed by atoms with E-state index in [1.165, 1.54) is 0 Å². The van der Waals surface area contributed by atoms with Crippen molar-refractivity contribution in [2.45, 2.75) is 13.3 Å². The van der Waals surface area contributed by atoms with E-state index in [0.29, 0.717) is 12.2 Å². The lowest BCUT2D eigenvalue weighted by Crippen LogP contribution is -2.48. The third-order valence-electron chi connectivity index (χ3n) is 5.13. The molecule has 1 fully saturated rings. The molecule has 0 saturated carbocycles. The van der Waals surface area contributed by atoms with Gasteiger partial charge in [0.05, 0.1) is 18.3 Å². The number of H-pyrrole nitrogens is 1. The molecule has 1 aromatic carbocycles. The summed E-state index contributed by atoms with van der Waals surface area (Å²) in [5.74, 6) is 0.557. The molecule has 2 aromatic heterocycles. The molecule has 0 radical (unpaired) electrons. The van der Waals surface area contributed by atoms with E-state index < -0.39 is 0 Å². The molecule has 2 N–H and O–H groups in total. The molecule has 3 aromatic rings. The van der Waals surface area contributed by atoms with Gasteiger partial charge in [0.2, 0.25) is 11.8 Å². The highest BCUT2D eigenvalue weighted by atomic mass is 16.2. The van der Waals surface area contributed by atoms with Gasteiger partial charge in [-0.2, -0.15) is 0 Å². The minimum Gasteiger partial charge on any atom is -0.367 e. The number of amides is 2. The fourth-order valence-electron chi connectivity index (χ4n) is 3.56. The van der Waals surface area contributed by atoms with E-state index in [9.17, 15) is 9.59 Å². The molecular weight excluding hydrogens is 354 g/mol. The van der Waals surface area contributed by atoms with E-state index in [-0.39, 0.29) is 11.8 Å². The van der Waals surface area contributed by atoms with Crippen LogP contribution >= 0.6 is 0 Å². The number of hydrogen-bond donors (Lipinski definition) is 2. The Morgan fingerprint density at radius 2 is 1.89 bits per heavy atom. The van der Waals surface area contributed by atoms with E-state index in [4.69, 9.17) is 0 Å². The number of carbonyl (C=O) groups is 2. The quantitative estimate of drug-likeness (QED) is 0.732. The Hall–Kier alpha value is -3.35. The first-order chi connectivity index (χ1) is 13.6. The van der Waals surface area contributed by atoms with Crippen molar-refractivity contribution < 1.29 is 9.59 Å². The van der Waals surface area contributed by atoms with Gasteiger partial charge in [0.1, 0.15) is 5.82 Å². The Kier molecular flexibility index (Phi) is 4.97. The molecule has 0 aliphatic carbocycles. The molecule has 1 saturated heterocycles. The number of pyridine rings is 1. The predicted molar refractivity (Wildman–Crippen MR) is 109 cm³/mol. The van der Waals surface area contributed by atoms with Gasteiger partial charge in [-0.1, -0.05) is 18.2 Å². The van der Waals surface area contributed by atoms with Crippen LogP contribution in [0.4, 0.5) is 11.5 Å². The SMILES string of the molecule is CC(=O)N1CCN(c2ccc(NC(=O)Cc3c[nH]c4ccccc34)nc2)CC1. The molecule has 0 bridgehead atoms. The van der Waals surface area contributed by atoms with Crippen molar-refractivity contribution in [2.24, 2.45) is 0 Å². The molecule has 7 nitrogen and oxygen atoms in total. The van der Waals surface area contributed by atoms with Crippen LogP contribution in [0.15, 0.2) is 48.8 Å². The van der Waals surface area contributed by atoms with E-state index in [1.807, 2.05) is 47.5 Å². The highest BCUT2D eigenvalue weighted by Gasteiger charge is 2.19. The number of hydrogen-bond acceptors (Lipinski definition) is 4. The zero-order valence-corrected chi connectivity index (χ0v) is 15.8. The molecule has 1 aliphatic heterocycles. The molecule has 1 aliphatic rings. The number of aromatic nitrogens is 2. The van der Waals surface area contributed by atoms with Crippen molar-refractivity contribution >= 4 is 34.2 Å². The van der Waals surface area contributed by atoms with Gasteiger partial charge in [-0.15, -0.1) is 0 Å². The van der Waals surface area contributed by atoms with E-state index >= 15 is 0 Å². The lowest BCUT2D eigenvalue weighted by atomic mass is 10.1. The van der Waals surface area contributed by atoms with E-state index in [0.717, 1.165) is 48.3 Å². The average Bonchev–Trinajstić information content (AvgIpc) is 3.11. The maximum atomic E-state index is 12.4. The average molecular weight is 377 g/mol. The van der Waals surface area contributed by atoms with Crippen LogP contribution in [0.25, 0.3) is 10.9 Å². The molecule has 28 heavy (non-hydrogen) atoms. The standard InChI is InChI=1S/C21H23N5O2/c1-15(27)25-8-10-26(11-9-25)17-6-7-20(23-14-17)24-21(28)12-16-13-22-19-5-3-2-4-18(16)19/h2-7,13-14,22H,8-12H2,1H3,(H,23,24,28). The number of aromatic amines is 1. The number of nitrogens with one attached hydrogen (secondary N) is 2.